The van der Waals surface area contributed by atoms with Crippen LogP contribution in [0.5, 0.6) is 0 Å². The molecule has 0 aliphatic carbocycles. The number of non-ortho nitro benzene ring substituents is 1. The van der Waals surface area contributed by atoms with E-state index in [1.54, 1.807) is 12.1 Å². The Balaban J connectivity index is 0.000000517. The second-order valence-corrected chi connectivity index (χ2v) is 9.44. The molecule has 5 rings (SSSR count). The maximum atomic E-state index is 11.1. The van der Waals surface area contributed by atoms with Crippen molar-refractivity contribution in [2.75, 3.05) is 43.4 Å². The van der Waals surface area contributed by atoms with Crippen molar-refractivity contribution >= 4 is 23.2 Å². The minimum Gasteiger partial charge on any atom is -0.475 e. The molecule has 1 aliphatic heterocycles. The lowest BCUT2D eigenvalue weighted by molar-refractivity contribution is -0.384. The average molecular weight is 584 g/mol. The third kappa shape index (κ3) is 7.81. The number of carboxylic acids is 1. The van der Waals surface area contributed by atoms with Crippen LogP contribution in [0.1, 0.15) is 5.56 Å². The molecule has 0 unspecified atom stereocenters. The molecule has 14 heteroatoms. The van der Waals surface area contributed by atoms with Crippen molar-refractivity contribution in [3.05, 3.63) is 94.8 Å². The number of rotatable bonds is 7. The number of aliphatic carboxylic acids is 1. The lowest BCUT2D eigenvalue weighted by Gasteiger charge is -2.33. The van der Waals surface area contributed by atoms with Crippen molar-refractivity contribution < 1.29 is 28.0 Å². The van der Waals surface area contributed by atoms with E-state index in [0.717, 1.165) is 60.2 Å². The summed E-state index contributed by atoms with van der Waals surface area (Å²) in [6.07, 6.45) is -1.23. The van der Waals surface area contributed by atoms with Gasteiger partial charge in [0.05, 0.1) is 28.2 Å². The summed E-state index contributed by atoms with van der Waals surface area (Å²) in [5.41, 5.74) is 4.50. The number of hydrogen-bond acceptors (Lipinski definition) is 8. The van der Waals surface area contributed by atoms with Crippen molar-refractivity contribution in [2.45, 2.75) is 12.7 Å². The van der Waals surface area contributed by atoms with Crippen LogP contribution in [0.15, 0.2) is 79.1 Å². The molecule has 2 aromatic carbocycles. The van der Waals surface area contributed by atoms with E-state index in [-0.39, 0.29) is 5.69 Å². The number of carboxylic acid groups (broad SMARTS) is 1. The van der Waals surface area contributed by atoms with Crippen LogP contribution in [0.3, 0.4) is 0 Å². The Bertz CT molecular complexity index is 1490. The topological polar surface area (TPSA) is 130 Å². The highest BCUT2D eigenvalue weighted by molar-refractivity contribution is 5.73. The number of pyridine rings is 1. The fourth-order valence-corrected chi connectivity index (χ4v) is 4.15. The molecule has 0 spiro atoms. The standard InChI is InChI=1S/C26H27N7O2.C2HF3O2/c1-30-13-15-31(16-14-30)25-12-9-22(18-28-25)27-17-21-19-32(23-5-3-2-4-6-23)29-26(21)20-7-10-24(11-8-20)33(34)35;3-2(4,5)1(6)7/h2-12,18-19,27H,13-17H2,1H3;(H,6,7). The van der Waals surface area contributed by atoms with Gasteiger partial charge in [0.1, 0.15) is 5.82 Å². The summed E-state index contributed by atoms with van der Waals surface area (Å²) in [6.45, 7) is 4.58. The van der Waals surface area contributed by atoms with Crippen LogP contribution in [0.25, 0.3) is 16.9 Å². The quantitative estimate of drug-likeness (QED) is 0.232. The number of para-hydroxylation sites is 1. The van der Waals surface area contributed by atoms with Gasteiger partial charge in [-0.1, -0.05) is 18.2 Å². The highest BCUT2D eigenvalue weighted by atomic mass is 19.4. The van der Waals surface area contributed by atoms with Gasteiger partial charge in [-0.2, -0.15) is 18.3 Å². The summed E-state index contributed by atoms with van der Waals surface area (Å²) in [6, 6.07) is 20.5. The number of nitrogens with zero attached hydrogens (tertiary/aromatic N) is 6. The number of benzene rings is 2. The van der Waals surface area contributed by atoms with Gasteiger partial charge in [-0.15, -0.1) is 0 Å². The van der Waals surface area contributed by atoms with Gasteiger partial charge in [0.15, 0.2) is 0 Å². The van der Waals surface area contributed by atoms with Gasteiger partial charge in [0, 0.05) is 62.2 Å². The van der Waals surface area contributed by atoms with E-state index >= 15 is 0 Å². The fourth-order valence-electron chi connectivity index (χ4n) is 4.15. The van der Waals surface area contributed by atoms with Gasteiger partial charge in [-0.25, -0.2) is 14.5 Å². The monoisotopic (exact) mass is 583 g/mol. The lowest BCUT2D eigenvalue weighted by atomic mass is 10.1. The predicted octanol–water partition coefficient (Wildman–Crippen LogP) is 4.84. The first-order valence-electron chi connectivity index (χ1n) is 12.8. The SMILES string of the molecule is CN1CCN(c2ccc(NCc3cn(-c4ccccc4)nc3-c3ccc([N+](=O)[O-])cc3)cn2)CC1.O=C(O)C(F)(F)F. The van der Waals surface area contributed by atoms with Crippen LogP contribution in [0.4, 0.5) is 30.4 Å². The molecule has 220 valence electrons. The number of alkyl halides is 3. The fraction of sp³-hybridized carbons (Fsp3) is 0.250. The van der Waals surface area contributed by atoms with E-state index in [9.17, 15) is 23.3 Å². The number of halogens is 3. The molecule has 0 atom stereocenters. The molecular weight excluding hydrogens is 555 g/mol. The molecule has 0 radical (unpaired) electrons. The number of carbonyl (C=O) groups is 1. The zero-order chi connectivity index (χ0) is 30.3. The maximum Gasteiger partial charge on any atom is 0.490 e. The smallest absolute Gasteiger partial charge is 0.475 e. The summed E-state index contributed by atoms with van der Waals surface area (Å²) in [5.74, 6) is -1.76. The van der Waals surface area contributed by atoms with E-state index in [4.69, 9.17) is 15.0 Å². The van der Waals surface area contributed by atoms with Crippen molar-refractivity contribution in [1.29, 1.82) is 0 Å². The molecule has 0 saturated carbocycles. The summed E-state index contributed by atoms with van der Waals surface area (Å²) in [5, 5.41) is 26.4. The van der Waals surface area contributed by atoms with Gasteiger partial charge in [-0.3, -0.25) is 10.1 Å². The zero-order valence-electron chi connectivity index (χ0n) is 22.5. The van der Waals surface area contributed by atoms with Crippen LogP contribution in [-0.4, -0.2) is 75.1 Å². The van der Waals surface area contributed by atoms with Crippen molar-refractivity contribution in [1.82, 2.24) is 19.7 Å². The number of nitro benzene ring substituents is 1. The van der Waals surface area contributed by atoms with Crippen LogP contribution in [-0.2, 0) is 11.3 Å². The largest absolute Gasteiger partial charge is 0.490 e. The Labute approximate surface area is 239 Å². The van der Waals surface area contributed by atoms with E-state index in [1.807, 2.05) is 53.5 Å². The molecule has 3 heterocycles. The van der Waals surface area contributed by atoms with Gasteiger partial charge in [0.25, 0.3) is 5.69 Å². The Morgan fingerprint density at radius 3 is 2.21 bits per heavy atom. The molecular formula is C28H28F3N7O4. The Kier molecular flexibility index (Phi) is 9.37. The lowest BCUT2D eigenvalue weighted by Crippen LogP contribution is -2.44. The Hall–Kier alpha value is -4.98. The number of hydrogen-bond donors (Lipinski definition) is 2. The molecule has 1 aliphatic rings. The Morgan fingerprint density at radius 1 is 1.02 bits per heavy atom. The van der Waals surface area contributed by atoms with E-state index in [2.05, 4.69) is 33.2 Å². The van der Waals surface area contributed by atoms with Crippen LogP contribution < -0.4 is 10.2 Å². The maximum absolute atomic E-state index is 11.1. The number of anilines is 2. The summed E-state index contributed by atoms with van der Waals surface area (Å²) in [4.78, 5) is 28.9. The first kappa shape index (κ1) is 30.0. The third-order valence-corrected chi connectivity index (χ3v) is 6.46. The van der Waals surface area contributed by atoms with Crippen LogP contribution in [0, 0.1) is 10.1 Å². The zero-order valence-corrected chi connectivity index (χ0v) is 22.5. The van der Waals surface area contributed by atoms with Crippen molar-refractivity contribution in [3.63, 3.8) is 0 Å². The molecule has 0 amide bonds. The summed E-state index contributed by atoms with van der Waals surface area (Å²) < 4.78 is 33.6. The van der Waals surface area contributed by atoms with E-state index in [1.165, 1.54) is 12.1 Å². The molecule has 1 saturated heterocycles. The molecule has 2 N–H and O–H groups in total. The summed E-state index contributed by atoms with van der Waals surface area (Å²) in [7, 11) is 2.14. The number of piperazine rings is 1. The number of likely N-dealkylation sites (N-methyl/N-ethyl adjacent to an activating group) is 1. The second-order valence-electron chi connectivity index (χ2n) is 9.44. The van der Waals surface area contributed by atoms with Crippen LogP contribution in [0.2, 0.25) is 0 Å². The number of nitrogens with one attached hydrogen (secondary N) is 1. The van der Waals surface area contributed by atoms with E-state index < -0.39 is 17.1 Å². The minimum atomic E-state index is -5.08. The third-order valence-electron chi connectivity index (χ3n) is 6.46. The molecule has 4 aromatic rings. The molecule has 1 fully saturated rings. The second kappa shape index (κ2) is 13.1. The number of aromatic nitrogens is 3. The van der Waals surface area contributed by atoms with E-state index in [0.29, 0.717) is 6.54 Å². The van der Waals surface area contributed by atoms with Gasteiger partial charge in [0.2, 0.25) is 0 Å². The molecule has 0 bridgehead atoms. The predicted molar refractivity (Wildman–Crippen MR) is 151 cm³/mol. The highest BCUT2D eigenvalue weighted by Crippen LogP contribution is 2.27. The van der Waals surface area contributed by atoms with Gasteiger partial charge >= 0.3 is 12.1 Å². The number of nitro groups is 1. The summed E-state index contributed by atoms with van der Waals surface area (Å²) >= 11 is 0. The van der Waals surface area contributed by atoms with Crippen LogP contribution >= 0.6 is 0 Å². The molecule has 11 nitrogen and oxygen atoms in total. The first-order chi connectivity index (χ1) is 20.0. The Morgan fingerprint density at radius 2 is 1.67 bits per heavy atom. The highest BCUT2D eigenvalue weighted by Gasteiger charge is 2.38. The van der Waals surface area contributed by atoms with Gasteiger partial charge < -0.3 is 20.2 Å². The normalized spacial score (nSPS) is 13.7. The van der Waals surface area contributed by atoms with Gasteiger partial charge in [-0.05, 0) is 43.4 Å². The van der Waals surface area contributed by atoms with Crippen molar-refractivity contribution in [3.8, 4) is 16.9 Å². The molecule has 2 aromatic heterocycles. The first-order valence-corrected chi connectivity index (χ1v) is 12.8. The molecule has 42 heavy (non-hydrogen) atoms. The van der Waals surface area contributed by atoms with Crippen molar-refractivity contribution in [2.24, 2.45) is 0 Å². The average Bonchev–Trinajstić information content (AvgIpc) is 3.41. The minimum absolute atomic E-state index is 0.0578.